The number of nitro benzene ring substituents is 1. The molecule has 0 aliphatic carbocycles. The van der Waals surface area contributed by atoms with Crippen molar-refractivity contribution >= 4 is 21.6 Å². The lowest BCUT2D eigenvalue weighted by molar-refractivity contribution is -0.384. The van der Waals surface area contributed by atoms with Gasteiger partial charge in [0.1, 0.15) is 0 Å². The molecule has 2 fully saturated rings. The number of hydrogen-bond donors (Lipinski definition) is 1. The van der Waals surface area contributed by atoms with Gasteiger partial charge in [-0.25, -0.2) is 0 Å². The largest absolute Gasteiger partial charge is 0.308 e. The van der Waals surface area contributed by atoms with Gasteiger partial charge in [0.25, 0.3) is 5.69 Å². The number of hydrogen-bond acceptors (Lipinski definition) is 4. The zero-order valence-corrected chi connectivity index (χ0v) is 13.5. The molecule has 5 nitrogen and oxygen atoms in total. The Morgan fingerprint density at radius 3 is 2.95 bits per heavy atom. The molecule has 0 spiro atoms. The quantitative estimate of drug-likeness (QED) is 0.667. The van der Waals surface area contributed by atoms with Crippen molar-refractivity contribution in [1.29, 1.82) is 0 Å². The van der Waals surface area contributed by atoms with Gasteiger partial charge in [0.2, 0.25) is 0 Å². The Morgan fingerprint density at radius 2 is 2.19 bits per heavy atom. The lowest BCUT2D eigenvalue weighted by atomic mass is 9.99. The van der Waals surface area contributed by atoms with Gasteiger partial charge in [-0.3, -0.25) is 15.0 Å². The van der Waals surface area contributed by atoms with Crippen LogP contribution >= 0.6 is 15.9 Å². The van der Waals surface area contributed by atoms with Gasteiger partial charge in [-0.1, -0.05) is 22.4 Å². The summed E-state index contributed by atoms with van der Waals surface area (Å²) in [5.74, 6) is 0. The van der Waals surface area contributed by atoms with E-state index in [0.29, 0.717) is 12.1 Å². The second-order valence-electron chi connectivity index (χ2n) is 5.91. The first-order valence-electron chi connectivity index (χ1n) is 7.55. The Bertz CT molecular complexity index is 538. The number of nitrogens with zero attached hydrogens (tertiary/aromatic N) is 2. The van der Waals surface area contributed by atoms with Crippen LogP contribution in [0.4, 0.5) is 5.69 Å². The Kier molecular flexibility index (Phi) is 4.57. The standard InChI is InChI=1S/C15H20BrN3O2/c16-13-9-12(19(20)21)5-4-11(13)10-17-14-6-8-18-7-2-1-3-15(14)18/h4-5,9,14-15,17H,1-3,6-8,10H2. The molecule has 2 heterocycles. The van der Waals surface area contributed by atoms with Crippen molar-refractivity contribution in [2.75, 3.05) is 13.1 Å². The fourth-order valence-electron chi connectivity index (χ4n) is 3.52. The highest BCUT2D eigenvalue weighted by Crippen LogP contribution is 2.28. The van der Waals surface area contributed by atoms with Gasteiger partial charge in [0.05, 0.1) is 4.92 Å². The number of rotatable bonds is 4. The maximum Gasteiger partial charge on any atom is 0.270 e. The van der Waals surface area contributed by atoms with E-state index in [-0.39, 0.29) is 10.6 Å². The van der Waals surface area contributed by atoms with E-state index in [1.54, 1.807) is 12.1 Å². The van der Waals surface area contributed by atoms with E-state index in [2.05, 4.69) is 26.1 Å². The molecule has 3 rings (SSSR count). The fraction of sp³-hybridized carbons (Fsp3) is 0.600. The van der Waals surface area contributed by atoms with Crippen molar-refractivity contribution in [2.45, 2.75) is 44.3 Å². The van der Waals surface area contributed by atoms with Gasteiger partial charge in [0, 0.05) is 41.8 Å². The summed E-state index contributed by atoms with van der Waals surface area (Å²) in [4.78, 5) is 13.0. The van der Waals surface area contributed by atoms with Crippen molar-refractivity contribution in [3.63, 3.8) is 0 Å². The third kappa shape index (κ3) is 3.27. The van der Waals surface area contributed by atoms with Crippen LogP contribution in [-0.4, -0.2) is 35.0 Å². The Labute approximate surface area is 133 Å². The Balaban J connectivity index is 1.61. The summed E-state index contributed by atoms with van der Waals surface area (Å²) in [5.41, 5.74) is 1.21. The van der Waals surface area contributed by atoms with Crippen LogP contribution in [-0.2, 0) is 6.54 Å². The molecule has 114 valence electrons. The third-order valence-corrected chi connectivity index (χ3v) is 5.40. The number of non-ortho nitro benzene ring substituents is 1. The summed E-state index contributed by atoms with van der Waals surface area (Å²) in [5, 5.41) is 14.4. The average Bonchev–Trinajstić information content (AvgIpc) is 2.89. The van der Waals surface area contributed by atoms with Crippen LogP contribution in [0.3, 0.4) is 0 Å². The van der Waals surface area contributed by atoms with Gasteiger partial charge < -0.3 is 5.32 Å². The minimum atomic E-state index is -0.362. The predicted octanol–water partition coefficient (Wildman–Crippen LogP) is 3.07. The second-order valence-corrected chi connectivity index (χ2v) is 6.76. The summed E-state index contributed by atoms with van der Waals surface area (Å²) in [7, 11) is 0. The van der Waals surface area contributed by atoms with Gasteiger partial charge in [0.15, 0.2) is 0 Å². The van der Waals surface area contributed by atoms with Gasteiger partial charge in [-0.15, -0.1) is 0 Å². The highest BCUT2D eigenvalue weighted by atomic mass is 79.9. The molecule has 2 unspecified atom stereocenters. The van der Waals surface area contributed by atoms with Crippen molar-refractivity contribution in [3.05, 3.63) is 38.3 Å². The lowest BCUT2D eigenvalue weighted by Crippen LogP contribution is -2.44. The molecule has 0 bridgehead atoms. The van der Waals surface area contributed by atoms with E-state index >= 15 is 0 Å². The molecule has 2 aliphatic heterocycles. The maximum absolute atomic E-state index is 10.8. The van der Waals surface area contributed by atoms with Gasteiger partial charge in [-0.05, 0) is 37.4 Å². The van der Waals surface area contributed by atoms with Gasteiger partial charge >= 0.3 is 0 Å². The lowest BCUT2D eigenvalue weighted by Gasteiger charge is -2.32. The smallest absolute Gasteiger partial charge is 0.270 e. The first kappa shape index (κ1) is 14.9. The van der Waals surface area contributed by atoms with Crippen LogP contribution < -0.4 is 5.32 Å². The van der Waals surface area contributed by atoms with E-state index in [4.69, 9.17) is 0 Å². The van der Waals surface area contributed by atoms with E-state index in [0.717, 1.165) is 16.6 Å². The summed E-state index contributed by atoms with van der Waals surface area (Å²) in [6, 6.07) is 6.22. The molecule has 21 heavy (non-hydrogen) atoms. The zero-order chi connectivity index (χ0) is 14.8. The van der Waals surface area contributed by atoms with E-state index in [1.165, 1.54) is 38.8 Å². The first-order valence-corrected chi connectivity index (χ1v) is 8.35. The normalized spacial score (nSPS) is 25.8. The number of halogens is 1. The van der Waals surface area contributed by atoms with Crippen LogP contribution in [0.25, 0.3) is 0 Å². The molecule has 2 aliphatic rings. The molecule has 0 aromatic heterocycles. The molecule has 2 atom stereocenters. The number of benzene rings is 1. The number of piperidine rings is 1. The molecule has 0 amide bonds. The van der Waals surface area contributed by atoms with Crippen LogP contribution in [0.15, 0.2) is 22.7 Å². The van der Waals surface area contributed by atoms with Crippen LogP contribution in [0.5, 0.6) is 0 Å². The molecule has 1 aromatic rings. The van der Waals surface area contributed by atoms with Crippen molar-refractivity contribution < 1.29 is 4.92 Å². The molecular formula is C15H20BrN3O2. The molecule has 2 saturated heterocycles. The topological polar surface area (TPSA) is 58.4 Å². The fourth-order valence-corrected chi connectivity index (χ4v) is 4.03. The Hall–Kier alpha value is -0.980. The Morgan fingerprint density at radius 1 is 1.33 bits per heavy atom. The number of fused-ring (bicyclic) bond motifs is 1. The second kappa shape index (κ2) is 6.42. The summed E-state index contributed by atoms with van der Waals surface area (Å²) in [6.45, 7) is 3.20. The van der Waals surface area contributed by atoms with Crippen molar-refractivity contribution in [2.24, 2.45) is 0 Å². The monoisotopic (exact) mass is 353 g/mol. The molecule has 0 radical (unpaired) electrons. The molecule has 1 N–H and O–H groups in total. The number of nitrogens with one attached hydrogen (secondary N) is 1. The van der Waals surface area contributed by atoms with Gasteiger partial charge in [-0.2, -0.15) is 0 Å². The van der Waals surface area contributed by atoms with E-state index in [9.17, 15) is 10.1 Å². The minimum absolute atomic E-state index is 0.130. The molecule has 6 heteroatoms. The van der Waals surface area contributed by atoms with E-state index in [1.807, 2.05) is 6.07 Å². The predicted molar refractivity (Wildman–Crippen MR) is 85.3 cm³/mol. The zero-order valence-electron chi connectivity index (χ0n) is 11.9. The highest BCUT2D eigenvalue weighted by molar-refractivity contribution is 9.10. The van der Waals surface area contributed by atoms with Crippen LogP contribution in [0.2, 0.25) is 0 Å². The van der Waals surface area contributed by atoms with Crippen molar-refractivity contribution in [3.8, 4) is 0 Å². The number of nitro groups is 1. The van der Waals surface area contributed by atoms with Crippen LogP contribution in [0.1, 0.15) is 31.2 Å². The van der Waals surface area contributed by atoms with Crippen molar-refractivity contribution in [1.82, 2.24) is 10.2 Å². The summed E-state index contributed by atoms with van der Waals surface area (Å²) in [6.07, 6.45) is 5.16. The molecule has 1 aromatic carbocycles. The maximum atomic E-state index is 10.8. The first-order chi connectivity index (χ1) is 10.1. The van der Waals surface area contributed by atoms with E-state index < -0.39 is 0 Å². The SMILES string of the molecule is O=[N+]([O-])c1ccc(CNC2CCN3CCCCC23)c(Br)c1. The minimum Gasteiger partial charge on any atom is -0.308 e. The molecule has 0 saturated carbocycles. The third-order valence-electron chi connectivity index (χ3n) is 4.66. The van der Waals surface area contributed by atoms with Crippen LogP contribution in [0, 0.1) is 10.1 Å². The summed E-state index contributed by atoms with van der Waals surface area (Å²) < 4.78 is 0.808. The summed E-state index contributed by atoms with van der Waals surface area (Å²) >= 11 is 3.44. The average molecular weight is 354 g/mol. The highest BCUT2D eigenvalue weighted by Gasteiger charge is 2.34. The molecular weight excluding hydrogens is 334 g/mol.